The number of Topliss-reactive ketones (excluding diaryl/α,β-unsaturated/α-hetero) is 1. The molecule has 0 saturated heterocycles. The third kappa shape index (κ3) is 7.89. The zero-order valence-electron chi connectivity index (χ0n) is 14.7. The van der Waals surface area contributed by atoms with E-state index in [1.165, 1.54) is 19.2 Å². The lowest BCUT2D eigenvalue weighted by Crippen LogP contribution is -2.33. The molecule has 7 nitrogen and oxygen atoms in total. The number of methoxy groups -OCH3 is 1. The Labute approximate surface area is 151 Å². The molecule has 1 aromatic rings. The van der Waals surface area contributed by atoms with E-state index in [1.54, 1.807) is 26.8 Å². The minimum absolute atomic E-state index is 0.0519. The van der Waals surface area contributed by atoms with Gasteiger partial charge < -0.3 is 19.5 Å². The molecule has 0 heterocycles. The van der Waals surface area contributed by atoms with Gasteiger partial charge in [0.2, 0.25) is 0 Å². The van der Waals surface area contributed by atoms with Crippen molar-refractivity contribution in [3.05, 3.63) is 28.8 Å². The van der Waals surface area contributed by atoms with Crippen molar-refractivity contribution in [1.82, 2.24) is 5.32 Å². The zero-order chi connectivity index (χ0) is 19.0. The second-order valence-electron chi connectivity index (χ2n) is 6.11. The summed E-state index contributed by atoms with van der Waals surface area (Å²) in [5.74, 6) is -0.551. The average Bonchev–Trinajstić information content (AvgIpc) is 2.50. The van der Waals surface area contributed by atoms with Crippen LogP contribution in [0.15, 0.2) is 18.2 Å². The van der Waals surface area contributed by atoms with Crippen molar-refractivity contribution in [2.75, 3.05) is 20.3 Å². The number of esters is 1. The van der Waals surface area contributed by atoms with Crippen molar-refractivity contribution in [1.29, 1.82) is 0 Å². The van der Waals surface area contributed by atoms with Crippen LogP contribution in [0.5, 0.6) is 5.75 Å². The standard InChI is InChI=1S/C17H22ClNO6/c1-17(2,3)25-16(22)19-8-7-15(21)24-10-13(20)11-5-6-14(23-4)12(18)9-11/h5-6,9H,7-8,10H2,1-4H3,(H,19,22). The van der Waals surface area contributed by atoms with Crippen molar-refractivity contribution in [3.63, 3.8) is 0 Å². The number of amides is 1. The van der Waals surface area contributed by atoms with Gasteiger partial charge in [0.15, 0.2) is 12.4 Å². The molecular weight excluding hydrogens is 350 g/mol. The first-order chi connectivity index (χ1) is 11.6. The summed E-state index contributed by atoms with van der Waals surface area (Å²) in [7, 11) is 1.47. The minimum atomic E-state index is -0.621. The summed E-state index contributed by atoms with van der Waals surface area (Å²) in [6.07, 6.45) is -0.695. The molecule has 1 amide bonds. The zero-order valence-corrected chi connectivity index (χ0v) is 15.4. The number of carbonyl (C=O) groups excluding carboxylic acids is 3. The molecule has 1 aromatic carbocycles. The Hall–Kier alpha value is -2.28. The molecule has 0 atom stereocenters. The minimum Gasteiger partial charge on any atom is -0.495 e. The van der Waals surface area contributed by atoms with Gasteiger partial charge in [0.05, 0.1) is 18.6 Å². The van der Waals surface area contributed by atoms with Gasteiger partial charge in [-0.15, -0.1) is 0 Å². The van der Waals surface area contributed by atoms with Crippen LogP contribution in [0.25, 0.3) is 0 Å². The summed E-state index contributed by atoms with van der Waals surface area (Å²) in [5, 5.41) is 2.72. The number of carbonyl (C=O) groups is 3. The summed E-state index contributed by atoms with van der Waals surface area (Å²) in [6.45, 7) is 4.85. The Kier molecular flexibility index (Phi) is 7.70. The maximum atomic E-state index is 12.0. The van der Waals surface area contributed by atoms with Crippen molar-refractivity contribution in [3.8, 4) is 5.75 Å². The van der Waals surface area contributed by atoms with E-state index in [0.717, 1.165) is 0 Å². The van der Waals surface area contributed by atoms with E-state index in [9.17, 15) is 14.4 Å². The highest BCUT2D eigenvalue weighted by molar-refractivity contribution is 6.32. The maximum absolute atomic E-state index is 12.0. The number of halogens is 1. The first-order valence-corrected chi connectivity index (χ1v) is 7.99. The fourth-order valence-electron chi connectivity index (χ4n) is 1.72. The van der Waals surface area contributed by atoms with Crippen LogP contribution in [-0.2, 0) is 14.3 Å². The molecule has 0 spiro atoms. The van der Waals surface area contributed by atoms with Crippen LogP contribution in [0.2, 0.25) is 5.02 Å². The molecule has 0 aliphatic heterocycles. The number of hydrogen-bond donors (Lipinski definition) is 1. The monoisotopic (exact) mass is 371 g/mol. The smallest absolute Gasteiger partial charge is 0.407 e. The summed E-state index contributed by atoms with van der Waals surface area (Å²) in [6, 6.07) is 4.54. The van der Waals surface area contributed by atoms with Crippen LogP contribution in [0.3, 0.4) is 0 Å². The van der Waals surface area contributed by atoms with Crippen molar-refractivity contribution < 1.29 is 28.6 Å². The van der Waals surface area contributed by atoms with Crippen molar-refractivity contribution >= 4 is 29.4 Å². The van der Waals surface area contributed by atoms with E-state index in [0.29, 0.717) is 16.3 Å². The largest absolute Gasteiger partial charge is 0.495 e. The Bertz CT molecular complexity index is 639. The van der Waals surface area contributed by atoms with Gasteiger partial charge in [-0.05, 0) is 39.0 Å². The molecule has 1 N–H and O–H groups in total. The Morgan fingerprint density at radius 2 is 1.88 bits per heavy atom. The van der Waals surface area contributed by atoms with Crippen LogP contribution >= 0.6 is 11.6 Å². The summed E-state index contributed by atoms with van der Waals surface area (Å²) in [5.41, 5.74) is -0.304. The van der Waals surface area contributed by atoms with E-state index < -0.39 is 30.1 Å². The van der Waals surface area contributed by atoms with E-state index >= 15 is 0 Å². The van der Waals surface area contributed by atoms with Gasteiger partial charge in [-0.25, -0.2) is 4.79 Å². The Morgan fingerprint density at radius 1 is 1.20 bits per heavy atom. The van der Waals surface area contributed by atoms with Crippen LogP contribution < -0.4 is 10.1 Å². The summed E-state index contributed by atoms with van der Waals surface area (Å²) >= 11 is 5.94. The average molecular weight is 372 g/mol. The SMILES string of the molecule is COc1ccc(C(=O)COC(=O)CCNC(=O)OC(C)(C)C)cc1Cl. The molecular formula is C17H22ClNO6. The van der Waals surface area contributed by atoms with Gasteiger partial charge >= 0.3 is 12.1 Å². The van der Waals surface area contributed by atoms with Gasteiger partial charge in [-0.1, -0.05) is 11.6 Å². The normalized spacial score (nSPS) is 10.8. The predicted molar refractivity (Wildman–Crippen MR) is 92.1 cm³/mol. The van der Waals surface area contributed by atoms with Crippen LogP contribution in [0, 0.1) is 0 Å². The van der Waals surface area contributed by atoms with Gasteiger partial charge in [-0.3, -0.25) is 9.59 Å². The third-order valence-electron chi connectivity index (χ3n) is 2.84. The molecule has 25 heavy (non-hydrogen) atoms. The van der Waals surface area contributed by atoms with Gasteiger partial charge in [0.25, 0.3) is 0 Å². The number of ether oxygens (including phenoxy) is 3. The van der Waals surface area contributed by atoms with Gasteiger partial charge in [0, 0.05) is 12.1 Å². The molecule has 0 aliphatic carbocycles. The highest BCUT2D eigenvalue weighted by Crippen LogP contribution is 2.25. The highest BCUT2D eigenvalue weighted by atomic mass is 35.5. The lowest BCUT2D eigenvalue weighted by Gasteiger charge is -2.19. The Balaban J connectivity index is 2.35. The molecule has 8 heteroatoms. The highest BCUT2D eigenvalue weighted by Gasteiger charge is 2.16. The fraction of sp³-hybridized carbons (Fsp3) is 0.471. The molecule has 1 rings (SSSR count). The number of rotatable bonds is 7. The topological polar surface area (TPSA) is 90.9 Å². The number of hydrogen-bond acceptors (Lipinski definition) is 6. The van der Waals surface area contributed by atoms with Crippen LogP contribution in [0.1, 0.15) is 37.6 Å². The summed E-state index contributed by atoms with van der Waals surface area (Å²) < 4.78 is 14.9. The second-order valence-corrected chi connectivity index (χ2v) is 6.52. The lowest BCUT2D eigenvalue weighted by molar-refractivity contribution is -0.142. The molecule has 0 aromatic heterocycles. The van der Waals surface area contributed by atoms with E-state index in [-0.39, 0.29) is 13.0 Å². The molecule has 0 saturated carbocycles. The predicted octanol–water partition coefficient (Wildman–Crippen LogP) is 2.99. The van der Waals surface area contributed by atoms with Crippen molar-refractivity contribution in [2.24, 2.45) is 0 Å². The van der Waals surface area contributed by atoms with Gasteiger partial charge in [-0.2, -0.15) is 0 Å². The van der Waals surface area contributed by atoms with E-state index in [4.69, 9.17) is 25.8 Å². The number of nitrogens with one attached hydrogen (secondary N) is 1. The van der Waals surface area contributed by atoms with E-state index in [1.807, 2.05) is 0 Å². The number of alkyl carbamates (subject to hydrolysis) is 1. The maximum Gasteiger partial charge on any atom is 0.407 e. The third-order valence-corrected chi connectivity index (χ3v) is 3.13. The Morgan fingerprint density at radius 3 is 2.44 bits per heavy atom. The molecule has 0 fully saturated rings. The molecule has 0 unspecified atom stereocenters. The van der Waals surface area contributed by atoms with E-state index in [2.05, 4.69) is 5.32 Å². The van der Waals surface area contributed by atoms with Crippen LogP contribution in [-0.4, -0.2) is 43.7 Å². The molecule has 0 radical (unpaired) electrons. The fourth-order valence-corrected chi connectivity index (χ4v) is 1.98. The van der Waals surface area contributed by atoms with Crippen molar-refractivity contribution in [2.45, 2.75) is 32.8 Å². The van der Waals surface area contributed by atoms with Crippen LogP contribution in [0.4, 0.5) is 4.79 Å². The number of ketones is 1. The first-order valence-electron chi connectivity index (χ1n) is 7.61. The second kappa shape index (κ2) is 9.27. The molecule has 0 aliphatic rings. The molecule has 138 valence electrons. The number of benzene rings is 1. The quantitative estimate of drug-likeness (QED) is 0.585. The first kappa shape index (κ1) is 20.8. The summed E-state index contributed by atoms with van der Waals surface area (Å²) in [4.78, 5) is 35.0. The van der Waals surface area contributed by atoms with Gasteiger partial charge in [0.1, 0.15) is 11.4 Å². The molecule has 0 bridgehead atoms. The lowest BCUT2D eigenvalue weighted by atomic mass is 10.1.